The lowest BCUT2D eigenvalue weighted by Crippen LogP contribution is -2.50. The van der Waals surface area contributed by atoms with Gasteiger partial charge in [0.25, 0.3) is 0 Å². The van der Waals surface area contributed by atoms with Crippen LogP contribution in [-0.4, -0.2) is 76.8 Å². The Hall–Kier alpha value is -2.82. The van der Waals surface area contributed by atoms with E-state index in [1.807, 2.05) is 6.20 Å². The van der Waals surface area contributed by atoms with Crippen molar-refractivity contribution < 1.29 is 9.47 Å². The number of pyridine rings is 1. The van der Waals surface area contributed by atoms with Crippen molar-refractivity contribution in [3.05, 3.63) is 29.7 Å². The smallest absolute Gasteiger partial charge is 0.183 e. The minimum Gasteiger partial charge on any atom is -0.381 e. The molecule has 10 heteroatoms. The van der Waals surface area contributed by atoms with Crippen molar-refractivity contribution >= 4 is 28.5 Å². The Morgan fingerprint density at radius 3 is 2.73 bits per heavy atom. The zero-order valence-electron chi connectivity index (χ0n) is 21.5. The summed E-state index contributed by atoms with van der Waals surface area (Å²) in [6.45, 7) is 7.22. The highest BCUT2D eigenvalue weighted by molar-refractivity contribution is 5.87. The molecule has 3 saturated heterocycles. The lowest BCUT2D eigenvalue weighted by atomic mass is 9.73. The summed E-state index contributed by atoms with van der Waals surface area (Å²) in [5.74, 6) is 2.21. The summed E-state index contributed by atoms with van der Waals surface area (Å²) < 4.78 is 11.4. The Balaban J connectivity index is 1.11. The van der Waals surface area contributed by atoms with Gasteiger partial charge in [0, 0.05) is 55.9 Å². The highest BCUT2D eigenvalue weighted by atomic mass is 16.5. The molecule has 2 atom stereocenters. The first-order chi connectivity index (χ1) is 18.1. The van der Waals surface area contributed by atoms with E-state index in [4.69, 9.17) is 30.2 Å². The number of hydrogen-bond acceptors (Lipinski definition) is 9. The van der Waals surface area contributed by atoms with Gasteiger partial charge in [0.2, 0.25) is 0 Å². The van der Waals surface area contributed by atoms with Gasteiger partial charge in [-0.3, -0.25) is 10.1 Å². The molecule has 4 aliphatic heterocycles. The zero-order valence-corrected chi connectivity index (χ0v) is 21.5. The summed E-state index contributed by atoms with van der Waals surface area (Å²) in [5, 5.41) is 7.83. The Bertz CT molecular complexity index is 1280. The second-order valence-corrected chi connectivity index (χ2v) is 11.2. The Morgan fingerprint density at radius 2 is 1.95 bits per heavy atom. The van der Waals surface area contributed by atoms with E-state index in [1.165, 1.54) is 5.69 Å². The van der Waals surface area contributed by atoms with Crippen LogP contribution in [0.3, 0.4) is 0 Å². The van der Waals surface area contributed by atoms with Crippen LogP contribution in [0.5, 0.6) is 0 Å². The van der Waals surface area contributed by atoms with Crippen LogP contribution in [0.4, 0.5) is 17.3 Å². The number of nitrogens with two attached hydrogens (primary N) is 1. The third-order valence-corrected chi connectivity index (χ3v) is 9.12. The van der Waals surface area contributed by atoms with Crippen LogP contribution in [0.2, 0.25) is 0 Å². The van der Waals surface area contributed by atoms with E-state index >= 15 is 0 Å². The molecule has 7 rings (SSSR count). The number of piperidine rings is 1. The molecule has 3 aromatic heterocycles. The van der Waals surface area contributed by atoms with Crippen molar-refractivity contribution in [2.45, 2.75) is 63.5 Å². The molecular weight excluding hydrogens is 468 g/mol. The highest BCUT2D eigenvalue weighted by Crippen LogP contribution is 2.42. The largest absolute Gasteiger partial charge is 0.381 e. The highest BCUT2D eigenvalue weighted by Gasteiger charge is 2.47. The summed E-state index contributed by atoms with van der Waals surface area (Å²) >= 11 is 0. The molecular formula is C27H36N8O2. The predicted octanol–water partition coefficient (Wildman–Crippen LogP) is 3.06. The van der Waals surface area contributed by atoms with Crippen LogP contribution < -0.4 is 15.5 Å². The Labute approximate surface area is 216 Å². The molecule has 196 valence electrons. The number of aromatic amines is 1. The fourth-order valence-electron chi connectivity index (χ4n) is 6.68. The lowest BCUT2D eigenvalue weighted by molar-refractivity contribution is 0.0844. The number of H-pyrrole nitrogens is 1. The first-order valence-electron chi connectivity index (χ1n) is 13.8. The van der Waals surface area contributed by atoms with Gasteiger partial charge >= 0.3 is 0 Å². The van der Waals surface area contributed by atoms with Crippen molar-refractivity contribution in [1.82, 2.24) is 25.1 Å². The van der Waals surface area contributed by atoms with Crippen LogP contribution in [-0.2, 0) is 15.9 Å². The van der Waals surface area contributed by atoms with E-state index in [1.54, 1.807) is 0 Å². The van der Waals surface area contributed by atoms with Crippen LogP contribution in [0.15, 0.2) is 18.3 Å². The average molecular weight is 505 g/mol. The molecule has 0 bridgehead atoms. The number of fused-ring (bicyclic) bond motifs is 2. The quantitative estimate of drug-likeness (QED) is 0.555. The zero-order chi connectivity index (χ0) is 25.0. The standard InChI is InChI=1S/C27H36N8O2/c1-17-24(28)27(16-37-17)8-11-34(12-9-27)22-15-29-23-25(31-22)32-33-26(23)35-10-2-3-20-21(35)5-4-19(30-20)18-6-13-36-14-7-18/h4-5,15,17-18,24H,2-3,6-14,16,28H2,1H3,(H,31,32,33)/t17-,24+/m0/s1. The molecule has 0 saturated carbocycles. The van der Waals surface area contributed by atoms with Gasteiger partial charge in [-0.15, -0.1) is 0 Å². The summed E-state index contributed by atoms with van der Waals surface area (Å²) in [6, 6.07) is 4.51. The van der Waals surface area contributed by atoms with Gasteiger partial charge < -0.3 is 25.0 Å². The van der Waals surface area contributed by atoms with Gasteiger partial charge in [0.15, 0.2) is 17.0 Å². The van der Waals surface area contributed by atoms with Crippen LogP contribution >= 0.6 is 0 Å². The summed E-state index contributed by atoms with van der Waals surface area (Å²) in [4.78, 5) is 19.4. The topological polar surface area (TPSA) is 118 Å². The molecule has 4 aliphatic rings. The number of anilines is 3. The Kier molecular flexibility index (Phi) is 5.78. The molecule has 0 aromatic carbocycles. The van der Waals surface area contributed by atoms with Crippen LogP contribution in [0.1, 0.15) is 56.3 Å². The molecule has 37 heavy (non-hydrogen) atoms. The second kappa shape index (κ2) is 9.18. The monoisotopic (exact) mass is 504 g/mol. The fraction of sp³-hybridized carbons (Fsp3) is 0.630. The van der Waals surface area contributed by atoms with Crippen molar-refractivity contribution in [3.63, 3.8) is 0 Å². The van der Waals surface area contributed by atoms with Crippen molar-refractivity contribution in [1.29, 1.82) is 0 Å². The number of nitrogens with one attached hydrogen (secondary N) is 1. The molecule has 0 amide bonds. The number of rotatable bonds is 3. The van der Waals surface area contributed by atoms with E-state index in [9.17, 15) is 0 Å². The molecule has 3 aromatic rings. The molecule has 3 N–H and O–H groups in total. The van der Waals surface area contributed by atoms with Gasteiger partial charge in [0.05, 0.1) is 30.3 Å². The normalized spacial score (nSPS) is 26.2. The minimum absolute atomic E-state index is 0.0922. The number of nitrogens with zero attached hydrogens (tertiary/aromatic N) is 6. The van der Waals surface area contributed by atoms with Crippen LogP contribution in [0, 0.1) is 5.41 Å². The number of hydrogen-bond donors (Lipinski definition) is 2. The van der Waals surface area contributed by atoms with Crippen molar-refractivity contribution in [3.8, 4) is 0 Å². The molecule has 1 spiro atoms. The minimum atomic E-state index is 0.0922. The van der Waals surface area contributed by atoms with E-state index in [-0.39, 0.29) is 17.6 Å². The van der Waals surface area contributed by atoms with Crippen molar-refractivity contribution in [2.24, 2.45) is 11.1 Å². The molecule has 0 unspecified atom stereocenters. The summed E-state index contributed by atoms with van der Waals surface area (Å²) in [6.07, 6.45) is 8.19. The molecule has 0 radical (unpaired) electrons. The summed E-state index contributed by atoms with van der Waals surface area (Å²) in [7, 11) is 0. The average Bonchev–Trinajstić information content (AvgIpc) is 3.50. The van der Waals surface area contributed by atoms with Crippen LogP contribution in [0.25, 0.3) is 11.2 Å². The number of ether oxygens (including phenoxy) is 2. The first kappa shape index (κ1) is 23.3. The maximum Gasteiger partial charge on any atom is 0.183 e. The summed E-state index contributed by atoms with van der Waals surface area (Å²) in [5.41, 5.74) is 11.6. The third kappa shape index (κ3) is 3.97. The van der Waals surface area contributed by atoms with E-state index in [0.717, 1.165) is 112 Å². The number of aromatic nitrogens is 5. The van der Waals surface area contributed by atoms with E-state index < -0.39 is 0 Å². The Morgan fingerprint density at radius 1 is 1.11 bits per heavy atom. The maximum absolute atomic E-state index is 6.50. The molecule has 10 nitrogen and oxygen atoms in total. The molecule has 7 heterocycles. The second-order valence-electron chi connectivity index (χ2n) is 11.2. The number of aryl methyl sites for hydroxylation is 1. The molecule has 0 aliphatic carbocycles. The fourth-order valence-corrected chi connectivity index (χ4v) is 6.68. The SMILES string of the molecule is C[C@@H]1OCC2(CCN(c3cnc4c(N5CCCc6nc(C7CCOCC7)ccc65)n[nH]c4n3)CC2)[C@@H]1N. The maximum atomic E-state index is 6.50. The van der Waals surface area contributed by atoms with E-state index in [2.05, 4.69) is 39.1 Å². The van der Waals surface area contributed by atoms with Gasteiger partial charge in [-0.1, -0.05) is 0 Å². The lowest BCUT2D eigenvalue weighted by Gasteiger charge is -2.41. The van der Waals surface area contributed by atoms with Gasteiger partial charge in [-0.25, -0.2) is 9.97 Å². The third-order valence-electron chi connectivity index (χ3n) is 9.12. The van der Waals surface area contributed by atoms with E-state index in [0.29, 0.717) is 5.92 Å². The predicted molar refractivity (Wildman–Crippen MR) is 141 cm³/mol. The van der Waals surface area contributed by atoms with Crippen molar-refractivity contribution in [2.75, 3.05) is 49.3 Å². The van der Waals surface area contributed by atoms with Gasteiger partial charge in [0.1, 0.15) is 5.82 Å². The van der Waals surface area contributed by atoms with Gasteiger partial charge in [-0.2, -0.15) is 5.10 Å². The molecule has 3 fully saturated rings. The first-order valence-corrected chi connectivity index (χ1v) is 13.8. The van der Waals surface area contributed by atoms with Gasteiger partial charge in [-0.05, 0) is 57.6 Å².